The van der Waals surface area contributed by atoms with Gasteiger partial charge in [0.25, 0.3) is 0 Å². The second-order valence-corrected chi connectivity index (χ2v) is 7.04. The summed E-state index contributed by atoms with van der Waals surface area (Å²) in [5.74, 6) is 1.54. The van der Waals surface area contributed by atoms with Crippen molar-refractivity contribution >= 4 is 16.9 Å². The van der Waals surface area contributed by atoms with E-state index in [-0.39, 0.29) is 0 Å². The van der Waals surface area contributed by atoms with Gasteiger partial charge in [-0.3, -0.25) is 14.3 Å². The molecular formula is C20H24N8. The summed E-state index contributed by atoms with van der Waals surface area (Å²) in [4.78, 5) is 15.9. The lowest BCUT2D eigenvalue weighted by Gasteiger charge is -2.19. The number of aromatic nitrogens is 7. The lowest BCUT2D eigenvalue weighted by Crippen LogP contribution is -2.22. The number of anilines is 1. The topological polar surface area (TPSA) is 77.5 Å². The Balaban J connectivity index is 1.60. The molecule has 0 aromatic carbocycles. The summed E-state index contributed by atoms with van der Waals surface area (Å²) in [6.07, 6.45) is 6.32. The van der Waals surface area contributed by atoms with Crippen LogP contribution in [-0.4, -0.2) is 48.1 Å². The highest BCUT2D eigenvalue weighted by molar-refractivity contribution is 5.88. The Morgan fingerprint density at radius 3 is 2.71 bits per heavy atom. The Hall–Kier alpha value is -3.29. The van der Waals surface area contributed by atoms with Gasteiger partial charge in [0.15, 0.2) is 11.5 Å². The first-order valence-corrected chi connectivity index (χ1v) is 9.35. The van der Waals surface area contributed by atoms with E-state index in [1.165, 1.54) is 5.69 Å². The third kappa shape index (κ3) is 3.45. The lowest BCUT2D eigenvalue weighted by molar-refractivity contribution is 0.561. The van der Waals surface area contributed by atoms with E-state index in [1.807, 2.05) is 32.3 Å². The number of hydrogen-bond acceptors (Lipinski definition) is 6. The minimum Gasteiger partial charge on any atom is -0.359 e. The summed E-state index contributed by atoms with van der Waals surface area (Å²) in [5, 5.41) is 9.86. The number of aryl methyl sites for hydroxylation is 4. The molecule has 4 aromatic heterocycles. The number of rotatable bonds is 6. The zero-order valence-corrected chi connectivity index (χ0v) is 16.7. The predicted octanol–water partition coefficient (Wildman–Crippen LogP) is 2.77. The second kappa shape index (κ2) is 7.38. The first kappa shape index (κ1) is 18.1. The number of pyridine rings is 1. The zero-order valence-electron chi connectivity index (χ0n) is 16.7. The van der Waals surface area contributed by atoms with Gasteiger partial charge in [0.2, 0.25) is 0 Å². The van der Waals surface area contributed by atoms with Crippen molar-refractivity contribution in [3.63, 3.8) is 0 Å². The molecule has 28 heavy (non-hydrogen) atoms. The van der Waals surface area contributed by atoms with Gasteiger partial charge in [0.1, 0.15) is 5.82 Å². The van der Waals surface area contributed by atoms with E-state index in [1.54, 1.807) is 17.1 Å². The molecule has 8 heteroatoms. The summed E-state index contributed by atoms with van der Waals surface area (Å²) in [6, 6.07) is 5.97. The Bertz CT molecular complexity index is 1100. The molecule has 0 aliphatic carbocycles. The maximum absolute atomic E-state index is 4.83. The summed E-state index contributed by atoms with van der Waals surface area (Å²) >= 11 is 0. The van der Waals surface area contributed by atoms with Crippen molar-refractivity contribution in [2.45, 2.75) is 26.8 Å². The molecule has 0 bridgehead atoms. The van der Waals surface area contributed by atoms with Crippen LogP contribution in [0.2, 0.25) is 0 Å². The lowest BCUT2D eigenvalue weighted by atomic mass is 10.2. The molecule has 0 aliphatic heterocycles. The van der Waals surface area contributed by atoms with Gasteiger partial charge in [-0.1, -0.05) is 0 Å². The molecule has 0 fully saturated rings. The fourth-order valence-corrected chi connectivity index (χ4v) is 3.39. The normalized spacial score (nSPS) is 11.3. The Morgan fingerprint density at radius 2 is 2.00 bits per heavy atom. The highest BCUT2D eigenvalue weighted by atomic mass is 15.3. The van der Waals surface area contributed by atoms with E-state index in [9.17, 15) is 0 Å². The molecule has 4 rings (SSSR count). The number of nitrogens with zero attached hydrogens (tertiary/aromatic N) is 8. The molecule has 4 heterocycles. The van der Waals surface area contributed by atoms with Crippen LogP contribution in [0.4, 0.5) is 5.82 Å². The average molecular weight is 376 g/mol. The third-order valence-electron chi connectivity index (χ3n) is 4.82. The van der Waals surface area contributed by atoms with E-state index in [0.29, 0.717) is 5.82 Å². The molecule has 8 nitrogen and oxygen atoms in total. The Morgan fingerprint density at radius 1 is 1.14 bits per heavy atom. The molecule has 0 atom stereocenters. The monoisotopic (exact) mass is 376 g/mol. The van der Waals surface area contributed by atoms with E-state index < -0.39 is 0 Å². The highest BCUT2D eigenvalue weighted by Gasteiger charge is 2.16. The van der Waals surface area contributed by atoms with Gasteiger partial charge in [-0.05, 0) is 38.5 Å². The van der Waals surface area contributed by atoms with Crippen LogP contribution in [0.1, 0.15) is 17.8 Å². The number of hydrogen-bond donors (Lipinski definition) is 0. The minimum absolute atomic E-state index is 0.657. The van der Waals surface area contributed by atoms with Crippen LogP contribution >= 0.6 is 0 Å². The molecular weight excluding hydrogens is 352 g/mol. The summed E-state index contributed by atoms with van der Waals surface area (Å²) in [7, 11) is 3.96. The van der Waals surface area contributed by atoms with Gasteiger partial charge in [-0.25, -0.2) is 9.97 Å². The first-order valence-electron chi connectivity index (χ1n) is 9.35. The zero-order chi connectivity index (χ0) is 19.7. The predicted molar refractivity (Wildman–Crippen MR) is 109 cm³/mol. The van der Waals surface area contributed by atoms with Crippen molar-refractivity contribution in [1.29, 1.82) is 0 Å². The van der Waals surface area contributed by atoms with Crippen LogP contribution < -0.4 is 4.90 Å². The molecule has 0 amide bonds. The van der Waals surface area contributed by atoms with Gasteiger partial charge >= 0.3 is 0 Å². The van der Waals surface area contributed by atoms with Crippen molar-refractivity contribution in [3.8, 4) is 11.4 Å². The van der Waals surface area contributed by atoms with Crippen molar-refractivity contribution in [2.75, 3.05) is 18.5 Å². The summed E-state index contributed by atoms with van der Waals surface area (Å²) < 4.78 is 3.84. The molecule has 0 unspecified atom stereocenters. The van der Waals surface area contributed by atoms with Gasteiger partial charge in [0.05, 0.1) is 17.3 Å². The van der Waals surface area contributed by atoms with Gasteiger partial charge in [0, 0.05) is 50.8 Å². The molecule has 0 aliphatic rings. The van der Waals surface area contributed by atoms with Crippen molar-refractivity contribution < 1.29 is 0 Å². The van der Waals surface area contributed by atoms with Crippen LogP contribution in [0.25, 0.3) is 22.4 Å². The van der Waals surface area contributed by atoms with Crippen LogP contribution in [0, 0.1) is 13.8 Å². The van der Waals surface area contributed by atoms with E-state index in [0.717, 1.165) is 47.6 Å². The maximum atomic E-state index is 4.83. The minimum atomic E-state index is 0.657. The SMILES string of the molecule is Cc1cc(C)n(CCCN(C)c2nc(-c3cccnc3)nc3c2cnn3C)n1. The third-order valence-corrected chi connectivity index (χ3v) is 4.82. The van der Waals surface area contributed by atoms with E-state index in [4.69, 9.17) is 9.97 Å². The fraction of sp³-hybridized carbons (Fsp3) is 0.350. The second-order valence-electron chi connectivity index (χ2n) is 7.04. The molecule has 0 spiro atoms. The molecule has 0 radical (unpaired) electrons. The molecule has 4 aromatic rings. The fourth-order valence-electron chi connectivity index (χ4n) is 3.39. The van der Waals surface area contributed by atoms with Crippen LogP contribution in [0.5, 0.6) is 0 Å². The van der Waals surface area contributed by atoms with E-state index in [2.05, 4.69) is 44.8 Å². The molecule has 144 valence electrons. The van der Waals surface area contributed by atoms with Crippen molar-refractivity contribution in [1.82, 2.24) is 34.5 Å². The van der Waals surface area contributed by atoms with Gasteiger partial charge in [-0.15, -0.1) is 0 Å². The molecule has 0 saturated heterocycles. The summed E-state index contributed by atoms with van der Waals surface area (Å²) in [5.41, 5.74) is 3.95. The smallest absolute Gasteiger partial charge is 0.165 e. The van der Waals surface area contributed by atoms with E-state index >= 15 is 0 Å². The van der Waals surface area contributed by atoms with Crippen LogP contribution in [-0.2, 0) is 13.6 Å². The average Bonchev–Trinajstić information content (AvgIpc) is 3.23. The number of fused-ring (bicyclic) bond motifs is 1. The first-order chi connectivity index (χ1) is 13.5. The molecule has 0 N–H and O–H groups in total. The van der Waals surface area contributed by atoms with Crippen molar-refractivity contribution in [3.05, 3.63) is 48.2 Å². The largest absolute Gasteiger partial charge is 0.359 e. The Kier molecular flexibility index (Phi) is 4.77. The maximum Gasteiger partial charge on any atom is 0.165 e. The standard InChI is InChI=1S/C20H24N8/c1-14-11-15(2)28(25-14)10-6-9-26(3)19-17-13-22-27(4)20(17)24-18(23-19)16-7-5-8-21-12-16/h5,7-8,11-13H,6,9-10H2,1-4H3. The van der Waals surface area contributed by atoms with Crippen molar-refractivity contribution in [2.24, 2.45) is 7.05 Å². The van der Waals surface area contributed by atoms with Gasteiger partial charge in [-0.2, -0.15) is 10.2 Å². The van der Waals surface area contributed by atoms with Crippen LogP contribution in [0.3, 0.4) is 0 Å². The highest BCUT2D eigenvalue weighted by Crippen LogP contribution is 2.26. The quantitative estimate of drug-likeness (QED) is 0.515. The van der Waals surface area contributed by atoms with Crippen LogP contribution in [0.15, 0.2) is 36.8 Å². The van der Waals surface area contributed by atoms with Gasteiger partial charge < -0.3 is 4.90 Å². The molecule has 0 saturated carbocycles. The summed E-state index contributed by atoms with van der Waals surface area (Å²) in [6.45, 7) is 5.84. The Labute approximate surface area is 163 Å².